The van der Waals surface area contributed by atoms with Crippen molar-refractivity contribution in [2.75, 3.05) is 0 Å². The topological polar surface area (TPSA) is 22.1 Å². The SMILES string of the molecule is C[SiH](C)OC(c1ccc(Br)nc1)C(C)(C)C. The molecule has 0 saturated carbocycles. The summed E-state index contributed by atoms with van der Waals surface area (Å²) in [5, 5.41) is 0. The summed E-state index contributed by atoms with van der Waals surface area (Å²) >= 11 is 3.35. The van der Waals surface area contributed by atoms with E-state index in [0.717, 1.165) is 10.2 Å². The molecule has 2 nitrogen and oxygen atoms in total. The van der Waals surface area contributed by atoms with E-state index in [-0.39, 0.29) is 11.5 Å². The second-order valence-electron chi connectivity index (χ2n) is 5.35. The molecule has 0 aliphatic heterocycles. The van der Waals surface area contributed by atoms with Crippen molar-refractivity contribution in [3.8, 4) is 0 Å². The molecule has 1 heterocycles. The fraction of sp³-hybridized carbons (Fsp3) is 0.583. The lowest BCUT2D eigenvalue weighted by atomic mass is 9.85. The third-order valence-electron chi connectivity index (χ3n) is 2.25. The highest BCUT2D eigenvalue weighted by atomic mass is 79.9. The Morgan fingerprint density at radius 3 is 2.31 bits per heavy atom. The molecule has 0 fully saturated rings. The predicted molar refractivity (Wildman–Crippen MR) is 74.1 cm³/mol. The summed E-state index contributed by atoms with van der Waals surface area (Å²) in [6, 6.07) is 4.06. The first-order chi connectivity index (χ1) is 7.30. The van der Waals surface area contributed by atoms with Crippen molar-refractivity contribution in [1.29, 1.82) is 0 Å². The van der Waals surface area contributed by atoms with Crippen molar-refractivity contribution in [3.05, 3.63) is 28.5 Å². The first kappa shape index (κ1) is 13.9. The number of hydrogen-bond acceptors (Lipinski definition) is 2. The van der Waals surface area contributed by atoms with E-state index in [4.69, 9.17) is 4.43 Å². The lowest BCUT2D eigenvalue weighted by Gasteiger charge is -2.32. The molecule has 1 aromatic rings. The molecule has 16 heavy (non-hydrogen) atoms. The van der Waals surface area contributed by atoms with Gasteiger partial charge in [-0.25, -0.2) is 4.98 Å². The van der Waals surface area contributed by atoms with Crippen LogP contribution in [0.3, 0.4) is 0 Å². The van der Waals surface area contributed by atoms with E-state index < -0.39 is 9.04 Å². The molecule has 0 bridgehead atoms. The zero-order valence-corrected chi connectivity index (χ0v) is 13.4. The molecule has 1 unspecified atom stereocenters. The highest BCUT2D eigenvalue weighted by molar-refractivity contribution is 9.10. The molecule has 0 saturated heterocycles. The third kappa shape index (κ3) is 4.00. The van der Waals surface area contributed by atoms with Crippen LogP contribution in [0.4, 0.5) is 0 Å². The highest BCUT2D eigenvalue weighted by Crippen LogP contribution is 2.36. The lowest BCUT2D eigenvalue weighted by Crippen LogP contribution is -2.26. The van der Waals surface area contributed by atoms with Crippen LogP contribution in [-0.4, -0.2) is 14.0 Å². The number of aromatic nitrogens is 1. The van der Waals surface area contributed by atoms with Crippen LogP contribution in [0.25, 0.3) is 0 Å². The zero-order valence-electron chi connectivity index (χ0n) is 10.6. The summed E-state index contributed by atoms with van der Waals surface area (Å²) in [6.45, 7) is 11.0. The number of rotatable bonds is 3. The van der Waals surface area contributed by atoms with E-state index >= 15 is 0 Å². The fourth-order valence-corrected chi connectivity index (χ4v) is 2.94. The molecule has 0 radical (unpaired) electrons. The Morgan fingerprint density at radius 1 is 1.31 bits per heavy atom. The number of nitrogens with zero attached hydrogens (tertiary/aromatic N) is 1. The maximum Gasteiger partial charge on any atom is 0.171 e. The van der Waals surface area contributed by atoms with Gasteiger partial charge in [-0.3, -0.25) is 0 Å². The minimum Gasteiger partial charge on any atom is -0.413 e. The molecule has 90 valence electrons. The first-order valence-corrected chi connectivity index (χ1v) is 9.15. The van der Waals surface area contributed by atoms with Crippen LogP contribution in [0.1, 0.15) is 32.4 Å². The molecule has 1 atom stereocenters. The van der Waals surface area contributed by atoms with Gasteiger partial charge in [-0.2, -0.15) is 0 Å². The first-order valence-electron chi connectivity index (χ1n) is 5.57. The summed E-state index contributed by atoms with van der Waals surface area (Å²) in [5.74, 6) is 0. The van der Waals surface area contributed by atoms with Gasteiger partial charge in [0.1, 0.15) is 4.60 Å². The smallest absolute Gasteiger partial charge is 0.171 e. The summed E-state index contributed by atoms with van der Waals surface area (Å²) < 4.78 is 6.99. The molecule has 0 N–H and O–H groups in total. The maximum absolute atomic E-state index is 6.12. The Kier molecular flexibility index (Phi) is 4.70. The molecular formula is C12H20BrNOSi. The van der Waals surface area contributed by atoms with Crippen molar-refractivity contribution < 1.29 is 4.43 Å². The van der Waals surface area contributed by atoms with Crippen LogP contribution in [0.15, 0.2) is 22.9 Å². The summed E-state index contributed by atoms with van der Waals surface area (Å²) in [6.07, 6.45) is 2.04. The molecular weight excluding hydrogens is 282 g/mol. The van der Waals surface area contributed by atoms with Gasteiger partial charge in [-0.15, -0.1) is 0 Å². The van der Waals surface area contributed by atoms with Gasteiger partial charge in [0.2, 0.25) is 0 Å². The molecule has 0 aliphatic carbocycles. The van der Waals surface area contributed by atoms with Crippen molar-refractivity contribution in [1.82, 2.24) is 4.98 Å². The molecule has 0 spiro atoms. The number of halogens is 1. The van der Waals surface area contributed by atoms with Crippen molar-refractivity contribution in [3.63, 3.8) is 0 Å². The van der Waals surface area contributed by atoms with E-state index in [9.17, 15) is 0 Å². The molecule has 1 aromatic heterocycles. The standard InChI is InChI=1S/C12H20BrNOSi/c1-12(2,3)11(15-16(4)5)9-6-7-10(13)14-8-9/h6-8,11,16H,1-5H3. The minimum absolute atomic E-state index is 0.104. The Bertz CT molecular complexity index is 332. The summed E-state index contributed by atoms with van der Waals surface area (Å²) in [7, 11) is -1.05. The Balaban J connectivity index is 2.97. The van der Waals surface area contributed by atoms with E-state index in [2.05, 4.69) is 60.8 Å². The molecule has 1 rings (SSSR count). The normalized spacial score (nSPS) is 14.2. The molecule has 0 aromatic carbocycles. The van der Waals surface area contributed by atoms with Gasteiger partial charge in [0, 0.05) is 6.20 Å². The quantitative estimate of drug-likeness (QED) is 0.623. The van der Waals surface area contributed by atoms with Gasteiger partial charge in [0.25, 0.3) is 0 Å². The Morgan fingerprint density at radius 2 is 1.94 bits per heavy atom. The number of pyridine rings is 1. The van der Waals surface area contributed by atoms with Crippen LogP contribution in [0, 0.1) is 5.41 Å². The van der Waals surface area contributed by atoms with E-state index in [1.54, 1.807) is 0 Å². The van der Waals surface area contributed by atoms with E-state index in [1.165, 1.54) is 0 Å². The van der Waals surface area contributed by atoms with Crippen molar-refractivity contribution in [2.24, 2.45) is 5.41 Å². The zero-order chi connectivity index (χ0) is 12.3. The minimum atomic E-state index is -1.05. The van der Waals surface area contributed by atoms with Gasteiger partial charge in [-0.05, 0) is 46.1 Å². The largest absolute Gasteiger partial charge is 0.413 e. The lowest BCUT2D eigenvalue weighted by molar-refractivity contribution is 0.0863. The summed E-state index contributed by atoms with van der Waals surface area (Å²) in [5.41, 5.74) is 1.27. The van der Waals surface area contributed by atoms with Gasteiger partial charge in [0.15, 0.2) is 9.04 Å². The molecule has 0 aliphatic rings. The van der Waals surface area contributed by atoms with E-state index in [0.29, 0.717) is 0 Å². The summed E-state index contributed by atoms with van der Waals surface area (Å²) in [4.78, 5) is 4.27. The average Bonchev–Trinajstić information content (AvgIpc) is 2.14. The van der Waals surface area contributed by atoms with Gasteiger partial charge < -0.3 is 4.43 Å². The predicted octanol–water partition coefficient (Wildman–Crippen LogP) is 3.93. The third-order valence-corrected chi connectivity index (χ3v) is 3.53. The van der Waals surface area contributed by atoms with Crippen LogP contribution in [0.5, 0.6) is 0 Å². The van der Waals surface area contributed by atoms with Gasteiger partial charge in [-0.1, -0.05) is 26.8 Å². The second-order valence-corrected chi connectivity index (χ2v) is 8.53. The van der Waals surface area contributed by atoms with Gasteiger partial charge >= 0.3 is 0 Å². The maximum atomic E-state index is 6.12. The second kappa shape index (κ2) is 5.43. The molecule has 4 heteroatoms. The fourth-order valence-electron chi connectivity index (χ4n) is 1.60. The van der Waals surface area contributed by atoms with Crippen molar-refractivity contribution in [2.45, 2.75) is 40.0 Å². The van der Waals surface area contributed by atoms with Gasteiger partial charge in [0.05, 0.1) is 6.10 Å². The van der Waals surface area contributed by atoms with Crippen molar-refractivity contribution >= 4 is 25.0 Å². The molecule has 0 amide bonds. The Labute approximate surface area is 108 Å². The van der Waals surface area contributed by atoms with Crippen LogP contribution < -0.4 is 0 Å². The number of hydrogen-bond donors (Lipinski definition) is 0. The average molecular weight is 302 g/mol. The highest BCUT2D eigenvalue weighted by Gasteiger charge is 2.28. The van der Waals surface area contributed by atoms with E-state index in [1.807, 2.05) is 12.3 Å². The monoisotopic (exact) mass is 301 g/mol. The van der Waals surface area contributed by atoms with Crippen LogP contribution in [-0.2, 0) is 4.43 Å². The Hall–Kier alpha value is -0.193. The van der Waals surface area contributed by atoms with Crippen LogP contribution >= 0.6 is 15.9 Å². The van der Waals surface area contributed by atoms with Crippen LogP contribution in [0.2, 0.25) is 13.1 Å².